The lowest BCUT2D eigenvalue weighted by Crippen LogP contribution is -2.25. The number of H-pyrrole nitrogens is 1. The van der Waals surface area contributed by atoms with Crippen LogP contribution in [0.5, 0.6) is 0 Å². The highest BCUT2D eigenvalue weighted by molar-refractivity contribution is 7.90. The number of benzene rings is 2. The molecule has 2 heterocycles. The van der Waals surface area contributed by atoms with Gasteiger partial charge in [0.1, 0.15) is 5.82 Å². The van der Waals surface area contributed by atoms with Crippen LogP contribution in [-0.2, 0) is 14.6 Å². The molecule has 2 aromatic carbocycles. The maximum absolute atomic E-state index is 15.0. The van der Waals surface area contributed by atoms with Gasteiger partial charge in [0, 0.05) is 17.9 Å². The van der Waals surface area contributed by atoms with Gasteiger partial charge in [0.15, 0.2) is 21.1 Å². The first kappa shape index (κ1) is 20.7. The van der Waals surface area contributed by atoms with Crippen molar-refractivity contribution < 1.29 is 21.9 Å². The molecule has 6 nitrogen and oxygen atoms in total. The van der Waals surface area contributed by atoms with E-state index in [4.69, 9.17) is 10.00 Å². The highest BCUT2D eigenvalue weighted by Gasteiger charge is 2.21. The van der Waals surface area contributed by atoms with E-state index >= 15 is 0 Å². The third-order valence-electron chi connectivity index (χ3n) is 4.85. The minimum Gasteiger partial charge on any atom is -0.379 e. The van der Waals surface area contributed by atoms with Gasteiger partial charge in [-0.3, -0.25) is 4.79 Å². The summed E-state index contributed by atoms with van der Waals surface area (Å²) in [4.78, 5) is 15.3. The van der Waals surface area contributed by atoms with Crippen LogP contribution in [0.15, 0.2) is 40.0 Å². The Labute approximate surface area is 176 Å². The van der Waals surface area contributed by atoms with Crippen LogP contribution in [0, 0.1) is 40.7 Å². The molecule has 0 unspecified atom stereocenters. The van der Waals surface area contributed by atoms with Crippen molar-refractivity contribution in [2.45, 2.75) is 4.90 Å². The van der Waals surface area contributed by atoms with Crippen LogP contribution in [-0.4, -0.2) is 32.9 Å². The van der Waals surface area contributed by atoms with E-state index in [1.807, 2.05) is 6.07 Å². The number of fused-ring (bicyclic) bond motifs is 1. The second-order valence-corrected chi connectivity index (χ2v) is 9.10. The zero-order valence-electron chi connectivity index (χ0n) is 16.1. The summed E-state index contributed by atoms with van der Waals surface area (Å²) in [6, 6.07) is 7.73. The molecule has 1 saturated heterocycles. The van der Waals surface area contributed by atoms with Gasteiger partial charge < -0.3 is 9.72 Å². The maximum atomic E-state index is 15.0. The number of halogens is 2. The highest BCUT2D eigenvalue weighted by Crippen LogP contribution is 2.29. The first-order chi connectivity index (χ1) is 14.7. The largest absolute Gasteiger partial charge is 0.379 e. The average molecular weight is 440 g/mol. The second kappa shape index (κ2) is 7.62. The molecule has 0 aliphatic carbocycles. The Morgan fingerprint density at radius 1 is 1.19 bits per heavy atom. The first-order valence-electron chi connectivity index (χ1n) is 9.08. The van der Waals surface area contributed by atoms with E-state index in [1.165, 1.54) is 18.2 Å². The van der Waals surface area contributed by atoms with Gasteiger partial charge >= 0.3 is 0 Å². The van der Waals surface area contributed by atoms with Crippen LogP contribution >= 0.6 is 0 Å². The number of sulfone groups is 1. The molecule has 0 spiro atoms. The number of ether oxygens (including phenoxy) is 1. The fourth-order valence-corrected chi connectivity index (χ4v) is 4.11. The number of pyridine rings is 1. The number of aromatic amines is 1. The summed E-state index contributed by atoms with van der Waals surface area (Å²) in [6.45, 7) is 0.774. The van der Waals surface area contributed by atoms with Crippen LogP contribution in [0.2, 0.25) is 0 Å². The number of hydrogen-bond donors (Lipinski definition) is 1. The summed E-state index contributed by atoms with van der Waals surface area (Å²) >= 11 is 0. The molecule has 1 fully saturated rings. The lowest BCUT2D eigenvalue weighted by Gasteiger charge is -2.20. The summed E-state index contributed by atoms with van der Waals surface area (Å²) in [5.41, 5.74) is -1.23. The van der Waals surface area contributed by atoms with Crippen molar-refractivity contribution in [3.8, 4) is 29.2 Å². The monoisotopic (exact) mass is 440 g/mol. The van der Waals surface area contributed by atoms with Crippen molar-refractivity contribution in [2.24, 2.45) is 5.92 Å². The molecule has 1 aliphatic heterocycles. The Hall–Kier alpha value is -3.53. The number of hydrogen-bond acceptors (Lipinski definition) is 5. The number of aromatic nitrogens is 1. The molecule has 1 N–H and O–H groups in total. The van der Waals surface area contributed by atoms with Crippen LogP contribution in [0.4, 0.5) is 8.78 Å². The topological polar surface area (TPSA) is 100 Å². The van der Waals surface area contributed by atoms with Crippen molar-refractivity contribution in [1.29, 1.82) is 5.26 Å². The quantitative estimate of drug-likeness (QED) is 0.618. The van der Waals surface area contributed by atoms with Gasteiger partial charge in [-0.05, 0) is 24.3 Å². The average Bonchev–Trinajstić information content (AvgIpc) is 2.67. The van der Waals surface area contributed by atoms with E-state index < -0.39 is 37.9 Å². The van der Waals surface area contributed by atoms with Crippen molar-refractivity contribution in [1.82, 2.24) is 4.98 Å². The molecule has 9 heteroatoms. The lowest BCUT2D eigenvalue weighted by atomic mass is 10.0. The number of nitrogens with zero attached hydrogens (tertiary/aromatic N) is 1. The molecule has 1 aromatic heterocycles. The summed E-state index contributed by atoms with van der Waals surface area (Å²) < 4.78 is 58.8. The second-order valence-electron chi connectivity index (χ2n) is 7.12. The molecule has 3 aromatic rings. The van der Waals surface area contributed by atoms with Gasteiger partial charge in [0.2, 0.25) is 0 Å². The fourth-order valence-electron chi connectivity index (χ4n) is 3.23. The zero-order valence-corrected chi connectivity index (χ0v) is 16.9. The molecular weight excluding hydrogens is 426 g/mol. The van der Waals surface area contributed by atoms with Crippen LogP contribution in [0.1, 0.15) is 11.1 Å². The number of rotatable bonds is 2. The van der Waals surface area contributed by atoms with Crippen LogP contribution in [0.3, 0.4) is 0 Å². The Balaban J connectivity index is 1.95. The van der Waals surface area contributed by atoms with Gasteiger partial charge in [0.25, 0.3) is 0 Å². The molecule has 0 radical (unpaired) electrons. The van der Waals surface area contributed by atoms with Gasteiger partial charge in [-0.1, -0.05) is 11.8 Å². The highest BCUT2D eigenvalue weighted by atomic mass is 32.2. The Bertz CT molecular complexity index is 1500. The molecule has 1 aliphatic rings. The summed E-state index contributed by atoms with van der Waals surface area (Å²) in [7, 11) is -3.72. The summed E-state index contributed by atoms with van der Waals surface area (Å²) in [5, 5.41) is 8.76. The smallest absolute Gasteiger partial charge is 0.193 e. The first-order valence-corrected chi connectivity index (χ1v) is 11.0. The SMILES string of the molecule is CS(=O)(=O)c1ccc(C#N)cc1-c1cc(=O)c2c(F)c(C#CC3COC3)c(F)cc2[nH]1. The minimum absolute atomic E-state index is 0.0132. The number of nitriles is 1. The third-order valence-corrected chi connectivity index (χ3v) is 6.00. The van der Waals surface area contributed by atoms with E-state index in [2.05, 4.69) is 16.8 Å². The van der Waals surface area contributed by atoms with Gasteiger partial charge in [-0.15, -0.1) is 0 Å². The predicted octanol–water partition coefficient (Wildman–Crippen LogP) is 2.75. The fraction of sp³-hybridized carbons (Fsp3) is 0.182. The third kappa shape index (κ3) is 3.81. The predicted molar refractivity (Wildman–Crippen MR) is 109 cm³/mol. The van der Waals surface area contributed by atoms with Gasteiger partial charge in [0.05, 0.1) is 57.8 Å². The van der Waals surface area contributed by atoms with E-state index in [-0.39, 0.29) is 33.2 Å². The van der Waals surface area contributed by atoms with Gasteiger partial charge in [-0.2, -0.15) is 5.26 Å². The standard InChI is InChI=1S/C22H14F2N2O4S/c1-31(28,29)20-5-3-12(9-25)6-15(20)17-8-19(27)21-18(26-17)7-16(23)14(22(21)24)4-2-13-10-30-11-13/h3,5-8,13H,10-11H2,1H3,(H,26,27). The Kier molecular flexibility index (Phi) is 5.10. The van der Waals surface area contributed by atoms with E-state index in [0.29, 0.717) is 13.2 Å². The molecule has 31 heavy (non-hydrogen) atoms. The molecule has 0 saturated carbocycles. The Morgan fingerprint density at radius 3 is 2.55 bits per heavy atom. The minimum atomic E-state index is -3.72. The van der Waals surface area contributed by atoms with Crippen LogP contribution < -0.4 is 5.43 Å². The van der Waals surface area contributed by atoms with E-state index in [1.54, 1.807) is 0 Å². The van der Waals surface area contributed by atoms with Crippen molar-refractivity contribution in [3.05, 3.63) is 63.3 Å². The summed E-state index contributed by atoms with van der Waals surface area (Å²) in [6.07, 6.45) is 0.981. The molecule has 0 amide bonds. The molecule has 0 bridgehead atoms. The zero-order chi connectivity index (χ0) is 22.3. The van der Waals surface area contributed by atoms with Gasteiger partial charge in [-0.25, -0.2) is 17.2 Å². The number of nitrogens with one attached hydrogen (secondary N) is 1. The molecule has 4 rings (SSSR count). The lowest BCUT2D eigenvalue weighted by molar-refractivity contribution is -0.00301. The normalized spacial score (nSPS) is 13.9. The van der Waals surface area contributed by atoms with Crippen molar-refractivity contribution in [2.75, 3.05) is 19.5 Å². The molecule has 156 valence electrons. The van der Waals surface area contributed by atoms with Crippen molar-refractivity contribution in [3.63, 3.8) is 0 Å². The molecule has 0 atom stereocenters. The van der Waals surface area contributed by atoms with E-state index in [9.17, 15) is 22.0 Å². The van der Waals surface area contributed by atoms with E-state index in [0.717, 1.165) is 18.4 Å². The maximum Gasteiger partial charge on any atom is 0.193 e. The van der Waals surface area contributed by atoms with Crippen LogP contribution in [0.25, 0.3) is 22.2 Å². The Morgan fingerprint density at radius 2 is 1.94 bits per heavy atom. The molecular formula is C22H14F2N2O4S. The van der Waals surface area contributed by atoms with Crippen molar-refractivity contribution >= 4 is 20.7 Å². The summed E-state index contributed by atoms with van der Waals surface area (Å²) in [5.74, 6) is 2.99.